The first-order chi connectivity index (χ1) is 8.01. The molecule has 3 unspecified atom stereocenters. The average Bonchev–Trinajstić information content (AvgIpc) is 2.27. The summed E-state index contributed by atoms with van der Waals surface area (Å²) < 4.78 is 4.81. The maximum Gasteiger partial charge on any atom is 0.297 e. The zero-order chi connectivity index (χ0) is 13.0. The lowest BCUT2D eigenvalue weighted by atomic mass is 9.98. The highest BCUT2D eigenvalue weighted by atomic mass is 17.0. The molecule has 1 rings (SSSR count). The van der Waals surface area contributed by atoms with Gasteiger partial charge in [0.15, 0.2) is 0 Å². The Morgan fingerprint density at radius 3 is 2.65 bits per heavy atom. The van der Waals surface area contributed by atoms with Gasteiger partial charge in [0, 0.05) is 4.91 Å². The van der Waals surface area contributed by atoms with Crippen LogP contribution in [-0.4, -0.2) is 57.7 Å². The molecule has 0 bridgehead atoms. The molecule has 1 aliphatic rings. The molecule has 0 saturated carbocycles. The van der Waals surface area contributed by atoms with E-state index in [1.807, 2.05) is 0 Å². The normalized spacial score (nSPS) is 37.0. The first-order valence-electron chi connectivity index (χ1n) is 4.49. The Hall–Kier alpha value is -1.65. The Morgan fingerprint density at radius 2 is 2.18 bits per heavy atom. The van der Waals surface area contributed by atoms with Gasteiger partial charge in [-0.15, -0.1) is 10.1 Å². The second kappa shape index (κ2) is 5.61. The number of aliphatic hydroxyl groups is 3. The van der Waals surface area contributed by atoms with Crippen LogP contribution in [0.3, 0.4) is 0 Å². The second-order valence-corrected chi connectivity index (χ2v) is 3.23. The molecule has 5 atom stereocenters. The van der Waals surface area contributed by atoms with E-state index in [1.54, 1.807) is 0 Å². The van der Waals surface area contributed by atoms with Gasteiger partial charge >= 0.3 is 0 Å². The van der Waals surface area contributed by atoms with E-state index in [9.17, 15) is 20.3 Å². The molecule has 1 saturated heterocycles. The van der Waals surface area contributed by atoms with Crippen LogP contribution >= 0.6 is 0 Å². The lowest BCUT2D eigenvalue weighted by Gasteiger charge is -2.38. The lowest BCUT2D eigenvalue weighted by molar-refractivity contribution is -0.783. The molecule has 0 spiro atoms. The molecule has 0 radical (unpaired) electrons. The summed E-state index contributed by atoms with van der Waals surface area (Å²) in [6.45, 7) is -0.682. The van der Waals surface area contributed by atoms with Gasteiger partial charge in [-0.2, -0.15) is 0 Å². The van der Waals surface area contributed by atoms with Gasteiger partial charge in [-0.25, -0.2) is 0 Å². The van der Waals surface area contributed by atoms with Crippen LogP contribution in [0.25, 0.3) is 10.4 Å². The molecular formula is C6H10N4O7. The second-order valence-electron chi connectivity index (χ2n) is 3.23. The number of nitrogens with zero attached hydrogens (tertiary/aromatic N) is 4. The van der Waals surface area contributed by atoms with Crippen molar-refractivity contribution in [3.8, 4) is 0 Å². The molecule has 11 nitrogen and oxygen atoms in total. The van der Waals surface area contributed by atoms with Gasteiger partial charge in [0.1, 0.15) is 18.2 Å². The topological polar surface area (TPSA) is 171 Å². The van der Waals surface area contributed by atoms with Gasteiger partial charge < -0.3 is 20.1 Å². The maximum atomic E-state index is 10.2. The van der Waals surface area contributed by atoms with Crippen LogP contribution in [0.5, 0.6) is 0 Å². The van der Waals surface area contributed by atoms with Crippen molar-refractivity contribution in [3.63, 3.8) is 0 Å². The quantitative estimate of drug-likeness (QED) is 0.175. The summed E-state index contributed by atoms with van der Waals surface area (Å²) in [6, 6.07) is -1.48. The summed E-state index contributed by atoms with van der Waals surface area (Å²) in [5.74, 6) is 0. The summed E-state index contributed by atoms with van der Waals surface area (Å²) in [5, 5.41) is 39.8. The molecule has 11 heteroatoms. The number of ether oxygens (including phenoxy) is 1. The number of azide groups is 1. The van der Waals surface area contributed by atoms with Crippen LogP contribution in [0.4, 0.5) is 0 Å². The largest absolute Gasteiger partial charge is 0.394 e. The highest BCUT2D eigenvalue weighted by molar-refractivity contribution is 4.93. The SMILES string of the molecule is [N-]=[N+]=N[C@@H]1C(O[N+](=O)[O-])OC(CO)[C@@H](O)C1O. The first kappa shape index (κ1) is 13.4. The van der Waals surface area contributed by atoms with E-state index in [4.69, 9.17) is 15.4 Å². The van der Waals surface area contributed by atoms with E-state index in [1.165, 1.54) is 0 Å². The van der Waals surface area contributed by atoms with Crippen molar-refractivity contribution in [2.45, 2.75) is 30.6 Å². The van der Waals surface area contributed by atoms with Crippen molar-refractivity contribution in [1.29, 1.82) is 0 Å². The Kier molecular flexibility index (Phi) is 4.43. The van der Waals surface area contributed by atoms with Crippen LogP contribution in [0.15, 0.2) is 5.11 Å². The molecule has 0 aliphatic carbocycles. The Bertz CT molecular complexity index is 332. The van der Waals surface area contributed by atoms with Gasteiger partial charge in [0.25, 0.3) is 5.09 Å². The highest BCUT2D eigenvalue weighted by Gasteiger charge is 2.45. The summed E-state index contributed by atoms with van der Waals surface area (Å²) in [7, 11) is 0. The third kappa shape index (κ3) is 2.93. The first-order valence-corrected chi connectivity index (χ1v) is 4.49. The number of rotatable bonds is 4. The molecule has 96 valence electrons. The molecule has 3 N–H and O–H groups in total. The standard InChI is InChI=1S/C6H10N4O7/c7-9-8-3-5(13)4(12)2(1-11)16-6(3)17-10(14)15/h2-6,11-13H,1H2/t2?,3-,4+,5?,6?/m0/s1. The monoisotopic (exact) mass is 250 g/mol. The fourth-order valence-electron chi connectivity index (χ4n) is 1.42. The molecule has 1 heterocycles. The fourth-order valence-corrected chi connectivity index (χ4v) is 1.42. The van der Waals surface area contributed by atoms with Crippen LogP contribution in [-0.2, 0) is 9.57 Å². The summed E-state index contributed by atoms with van der Waals surface area (Å²) >= 11 is 0. The van der Waals surface area contributed by atoms with E-state index < -0.39 is 42.3 Å². The minimum absolute atomic E-state index is 0.682. The van der Waals surface area contributed by atoms with Crippen molar-refractivity contribution in [1.82, 2.24) is 0 Å². The minimum atomic E-state index is -1.68. The zero-order valence-corrected chi connectivity index (χ0v) is 8.36. The summed E-state index contributed by atoms with van der Waals surface area (Å²) in [6.07, 6.45) is -6.12. The molecule has 17 heavy (non-hydrogen) atoms. The molecular weight excluding hydrogens is 240 g/mol. The van der Waals surface area contributed by atoms with Crippen molar-refractivity contribution < 1.29 is 30.0 Å². The Morgan fingerprint density at radius 1 is 1.53 bits per heavy atom. The molecule has 1 fully saturated rings. The number of hydrogen-bond donors (Lipinski definition) is 3. The molecule has 0 aromatic carbocycles. The maximum absolute atomic E-state index is 10.2. The van der Waals surface area contributed by atoms with Crippen molar-refractivity contribution in [3.05, 3.63) is 20.6 Å². The number of aliphatic hydroxyl groups excluding tert-OH is 3. The van der Waals surface area contributed by atoms with Gasteiger partial charge in [-0.1, -0.05) is 5.11 Å². The van der Waals surface area contributed by atoms with Crippen LogP contribution in [0, 0.1) is 10.1 Å². The van der Waals surface area contributed by atoms with E-state index in [0.29, 0.717) is 0 Å². The predicted octanol–water partition coefficient (Wildman–Crippen LogP) is -1.69. The fraction of sp³-hybridized carbons (Fsp3) is 1.00. The van der Waals surface area contributed by atoms with Crippen LogP contribution in [0.2, 0.25) is 0 Å². The highest BCUT2D eigenvalue weighted by Crippen LogP contribution is 2.24. The van der Waals surface area contributed by atoms with Crippen molar-refractivity contribution >= 4 is 0 Å². The average molecular weight is 250 g/mol. The van der Waals surface area contributed by atoms with E-state index in [0.717, 1.165) is 0 Å². The van der Waals surface area contributed by atoms with Crippen LogP contribution in [0.1, 0.15) is 0 Å². The minimum Gasteiger partial charge on any atom is -0.394 e. The van der Waals surface area contributed by atoms with E-state index in [2.05, 4.69) is 14.9 Å². The zero-order valence-electron chi connectivity index (χ0n) is 8.36. The predicted molar refractivity (Wildman–Crippen MR) is 48.8 cm³/mol. The third-order valence-corrected chi connectivity index (χ3v) is 2.22. The smallest absolute Gasteiger partial charge is 0.297 e. The molecule has 0 amide bonds. The van der Waals surface area contributed by atoms with Crippen molar-refractivity contribution in [2.24, 2.45) is 5.11 Å². The Labute approximate surface area is 93.9 Å². The number of hydrogen-bond acceptors (Lipinski definition) is 8. The van der Waals surface area contributed by atoms with E-state index >= 15 is 0 Å². The third-order valence-electron chi connectivity index (χ3n) is 2.22. The van der Waals surface area contributed by atoms with Gasteiger partial charge in [0.2, 0.25) is 6.29 Å². The Balaban J connectivity index is 2.89. The molecule has 1 aliphatic heterocycles. The molecule has 0 aromatic rings. The summed E-state index contributed by atoms with van der Waals surface area (Å²) in [5.41, 5.74) is 8.23. The van der Waals surface area contributed by atoms with Gasteiger partial charge in [0.05, 0.1) is 12.7 Å². The molecule has 0 aromatic heterocycles. The van der Waals surface area contributed by atoms with Crippen molar-refractivity contribution in [2.75, 3.05) is 6.61 Å². The van der Waals surface area contributed by atoms with Gasteiger partial charge in [-0.05, 0) is 5.53 Å². The lowest BCUT2D eigenvalue weighted by Crippen LogP contribution is -2.58. The van der Waals surface area contributed by atoms with Crippen LogP contribution < -0.4 is 0 Å². The van der Waals surface area contributed by atoms with E-state index in [-0.39, 0.29) is 0 Å². The van der Waals surface area contributed by atoms with Gasteiger partial charge in [-0.3, -0.25) is 4.84 Å². The summed E-state index contributed by atoms with van der Waals surface area (Å²) in [4.78, 5) is 16.6.